The highest BCUT2D eigenvalue weighted by Gasteiger charge is 2.15. The largest absolute Gasteiger partial charge is 0.355 e. The molecule has 0 saturated carbocycles. The number of hydrogen-bond acceptors (Lipinski definition) is 7. The predicted octanol–water partition coefficient (Wildman–Crippen LogP) is -0.789. The van der Waals surface area contributed by atoms with Crippen LogP contribution in [0.1, 0.15) is 6.92 Å². The smallest absolute Gasteiger partial charge is 0.241 e. The summed E-state index contributed by atoms with van der Waals surface area (Å²) in [7, 11) is 1.77. The van der Waals surface area contributed by atoms with Gasteiger partial charge in [-0.2, -0.15) is 15.1 Å². The van der Waals surface area contributed by atoms with Gasteiger partial charge < -0.3 is 10.2 Å². The molecule has 2 aromatic heterocycles. The summed E-state index contributed by atoms with van der Waals surface area (Å²) in [6, 6.07) is 0. The number of hydrazine groups is 1. The molecule has 9 nitrogen and oxygen atoms in total. The summed E-state index contributed by atoms with van der Waals surface area (Å²) < 4.78 is 0. The van der Waals surface area contributed by atoms with Crippen LogP contribution in [0.4, 0.5) is 11.8 Å². The number of H-pyrrole nitrogens is 1. The predicted molar refractivity (Wildman–Crippen MR) is 71.4 cm³/mol. The molecule has 0 bridgehead atoms. The van der Waals surface area contributed by atoms with Crippen LogP contribution in [0.25, 0.3) is 11.0 Å². The zero-order valence-electron chi connectivity index (χ0n) is 10.8. The normalized spacial score (nSPS) is 10.5. The maximum absolute atomic E-state index is 11.6. The molecule has 0 radical (unpaired) electrons. The van der Waals surface area contributed by atoms with E-state index >= 15 is 0 Å². The number of nitrogens with one attached hydrogen (secondary N) is 3. The lowest BCUT2D eigenvalue weighted by molar-refractivity contribution is -0.119. The minimum absolute atomic E-state index is 0.0810. The van der Waals surface area contributed by atoms with Gasteiger partial charge in [-0.3, -0.25) is 15.3 Å². The first-order valence-corrected chi connectivity index (χ1v) is 5.81. The molecule has 9 heteroatoms. The van der Waals surface area contributed by atoms with Crippen LogP contribution in [-0.4, -0.2) is 46.2 Å². The van der Waals surface area contributed by atoms with Crippen LogP contribution in [0.5, 0.6) is 0 Å². The molecule has 0 atom stereocenters. The van der Waals surface area contributed by atoms with Gasteiger partial charge in [-0.1, -0.05) is 0 Å². The summed E-state index contributed by atoms with van der Waals surface area (Å²) >= 11 is 0. The van der Waals surface area contributed by atoms with E-state index in [1.54, 1.807) is 18.1 Å². The van der Waals surface area contributed by atoms with E-state index in [1.165, 1.54) is 0 Å². The Labute approximate surface area is 109 Å². The molecule has 2 rings (SSSR count). The maximum Gasteiger partial charge on any atom is 0.241 e. The Morgan fingerprint density at radius 3 is 3.00 bits per heavy atom. The van der Waals surface area contributed by atoms with Gasteiger partial charge in [-0.15, -0.1) is 0 Å². The molecule has 0 aromatic carbocycles. The van der Waals surface area contributed by atoms with Gasteiger partial charge in [0.25, 0.3) is 0 Å². The molecule has 0 unspecified atom stereocenters. The molecular weight excluding hydrogens is 248 g/mol. The van der Waals surface area contributed by atoms with E-state index in [1.807, 2.05) is 6.92 Å². The molecule has 19 heavy (non-hydrogen) atoms. The summed E-state index contributed by atoms with van der Waals surface area (Å²) in [6.45, 7) is 2.65. The molecule has 0 aliphatic heterocycles. The summed E-state index contributed by atoms with van der Waals surface area (Å²) in [6.07, 6.45) is 1.61. The molecule has 2 heterocycles. The second kappa shape index (κ2) is 5.48. The molecule has 1 amide bonds. The second-order valence-electron chi connectivity index (χ2n) is 3.96. The molecule has 102 valence electrons. The number of nitrogen functional groups attached to an aromatic ring is 1. The van der Waals surface area contributed by atoms with Crippen molar-refractivity contribution in [3.63, 3.8) is 0 Å². The highest BCUT2D eigenvalue weighted by Crippen LogP contribution is 2.22. The average Bonchev–Trinajstić information content (AvgIpc) is 2.85. The van der Waals surface area contributed by atoms with E-state index in [4.69, 9.17) is 5.84 Å². The molecule has 2 aromatic rings. The lowest BCUT2D eigenvalue weighted by Gasteiger charge is -2.18. The Bertz CT molecular complexity index is 580. The number of aromatic nitrogens is 4. The lowest BCUT2D eigenvalue weighted by atomic mass is 10.3. The molecule has 0 fully saturated rings. The number of rotatable bonds is 5. The third-order valence-electron chi connectivity index (χ3n) is 2.54. The van der Waals surface area contributed by atoms with Crippen LogP contribution in [0.3, 0.4) is 0 Å². The van der Waals surface area contributed by atoms with E-state index in [9.17, 15) is 4.79 Å². The van der Waals surface area contributed by atoms with Crippen molar-refractivity contribution in [2.24, 2.45) is 5.84 Å². The number of nitrogens with two attached hydrogens (primary N) is 1. The van der Waals surface area contributed by atoms with Gasteiger partial charge in [0.05, 0.1) is 18.1 Å². The number of fused-ring (bicyclic) bond motifs is 1. The van der Waals surface area contributed by atoms with Gasteiger partial charge in [0, 0.05) is 13.6 Å². The van der Waals surface area contributed by atoms with Crippen LogP contribution in [0, 0.1) is 0 Å². The van der Waals surface area contributed by atoms with Gasteiger partial charge in [0.2, 0.25) is 11.9 Å². The number of anilines is 2. The van der Waals surface area contributed by atoms with Crippen molar-refractivity contribution < 1.29 is 4.79 Å². The minimum atomic E-state index is -0.0810. The summed E-state index contributed by atoms with van der Waals surface area (Å²) in [5, 5.41) is 10.1. The molecule has 0 aliphatic carbocycles. The molecule has 5 N–H and O–H groups in total. The van der Waals surface area contributed by atoms with Gasteiger partial charge in [-0.05, 0) is 6.92 Å². The number of carbonyl (C=O) groups is 1. The highest BCUT2D eigenvalue weighted by atomic mass is 16.2. The third-order valence-corrected chi connectivity index (χ3v) is 2.54. The molecule has 0 spiro atoms. The number of hydrogen-bond donors (Lipinski definition) is 4. The summed E-state index contributed by atoms with van der Waals surface area (Å²) in [5.74, 6) is 6.08. The van der Waals surface area contributed by atoms with Gasteiger partial charge in [0.15, 0.2) is 5.65 Å². The van der Waals surface area contributed by atoms with E-state index in [2.05, 4.69) is 30.9 Å². The Morgan fingerprint density at radius 2 is 2.32 bits per heavy atom. The third kappa shape index (κ3) is 2.71. The topological polar surface area (TPSA) is 125 Å². The van der Waals surface area contributed by atoms with Crippen molar-refractivity contribution >= 4 is 28.7 Å². The first-order chi connectivity index (χ1) is 9.15. The summed E-state index contributed by atoms with van der Waals surface area (Å²) in [4.78, 5) is 21.7. The molecule has 0 aliphatic rings. The Balaban J connectivity index is 2.32. The van der Waals surface area contributed by atoms with Crippen molar-refractivity contribution in [2.45, 2.75) is 6.92 Å². The second-order valence-corrected chi connectivity index (χ2v) is 3.96. The SMILES string of the molecule is CCNC(=O)CN(C)c1nc(NN)nc2[nH]ncc12. The maximum atomic E-state index is 11.6. The first-order valence-electron chi connectivity index (χ1n) is 5.81. The van der Waals surface area contributed by atoms with Crippen molar-refractivity contribution in [1.29, 1.82) is 0 Å². The number of nitrogens with zero attached hydrogens (tertiary/aromatic N) is 4. The van der Waals surface area contributed by atoms with E-state index in [-0.39, 0.29) is 18.4 Å². The van der Waals surface area contributed by atoms with Crippen molar-refractivity contribution in [2.75, 3.05) is 30.5 Å². The van der Waals surface area contributed by atoms with Crippen LogP contribution in [-0.2, 0) is 4.79 Å². The molecule has 0 saturated heterocycles. The van der Waals surface area contributed by atoms with Crippen LogP contribution in [0.15, 0.2) is 6.20 Å². The first kappa shape index (κ1) is 13.0. The van der Waals surface area contributed by atoms with E-state index in [0.717, 1.165) is 5.39 Å². The number of likely N-dealkylation sites (N-methyl/N-ethyl adjacent to an activating group) is 2. The Morgan fingerprint density at radius 1 is 1.53 bits per heavy atom. The van der Waals surface area contributed by atoms with Crippen molar-refractivity contribution in [3.05, 3.63) is 6.20 Å². The fraction of sp³-hybridized carbons (Fsp3) is 0.400. The van der Waals surface area contributed by atoms with E-state index < -0.39 is 0 Å². The van der Waals surface area contributed by atoms with Crippen molar-refractivity contribution in [1.82, 2.24) is 25.5 Å². The summed E-state index contributed by atoms with van der Waals surface area (Å²) in [5.41, 5.74) is 2.94. The fourth-order valence-corrected chi connectivity index (χ4v) is 1.72. The zero-order valence-corrected chi connectivity index (χ0v) is 10.8. The Kier molecular flexibility index (Phi) is 3.76. The van der Waals surface area contributed by atoms with E-state index in [0.29, 0.717) is 18.0 Å². The lowest BCUT2D eigenvalue weighted by Crippen LogP contribution is -2.35. The van der Waals surface area contributed by atoms with Gasteiger partial charge in [-0.25, -0.2) is 5.84 Å². The van der Waals surface area contributed by atoms with Crippen molar-refractivity contribution in [3.8, 4) is 0 Å². The van der Waals surface area contributed by atoms with Crippen LogP contribution >= 0.6 is 0 Å². The highest BCUT2D eigenvalue weighted by molar-refractivity contribution is 5.90. The standard InChI is InChI=1S/C10H16N8O/c1-3-12-7(19)5-18(2)9-6-4-13-17-8(6)14-10(15-9)16-11/h4H,3,5,11H2,1-2H3,(H,12,19)(H2,13,14,15,16,17). The van der Waals surface area contributed by atoms with Gasteiger partial charge >= 0.3 is 0 Å². The average molecular weight is 264 g/mol. The van der Waals surface area contributed by atoms with Crippen LogP contribution in [0.2, 0.25) is 0 Å². The number of amides is 1. The minimum Gasteiger partial charge on any atom is -0.355 e. The fourth-order valence-electron chi connectivity index (χ4n) is 1.72. The Hall–Kier alpha value is -2.42. The zero-order chi connectivity index (χ0) is 13.8. The number of aromatic amines is 1. The van der Waals surface area contributed by atoms with Crippen LogP contribution < -0.4 is 21.5 Å². The quantitative estimate of drug-likeness (QED) is 0.412. The monoisotopic (exact) mass is 264 g/mol. The number of carbonyl (C=O) groups excluding carboxylic acids is 1. The molecular formula is C10H16N8O. The van der Waals surface area contributed by atoms with Gasteiger partial charge in [0.1, 0.15) is 5.82 Å².